The number of aryl methyl sites for hydroxylation is 3. The third kappa shape index (κ3) is 2.99. The van der Waals surface area contributed by atoms with E-state index in [-0.39, 0.29) is 5.56 Å². The van der Waals surface area contributed by atoms with Gasteiger partial charge in [0.25, 0.3) is 11.5 Å². The van der Waals surface area contributed by atoms with Crippen molar-refractivity contribution in [2.75, 3.05) is 5.32 Å². The lowest BCUT2D eigenvalue weighted by molar-refractivity contribution is 0.102. The average molecular weight is 372 g/mol. The molecule has 0 aliphatic rings. The molecule has 2 aromatic carbocycles. The molecule has 0 unspecified atom stereocenters. The number of H-pyrrole nitrogens is 1. The monoisotopic (exact) mass is 372 g/mol. The van der Waals surface area contributed by atoms with Gasteiger partial charge < -0.3 is 5.32 Å². The highest BCUT2D eigenvalue weighted by Gasteiger charge is 2.21. The summed E-state index contributed by atoms with van der Waals surface area (Å²) in [5, 5.41) is 5.84. The summed E-state index contributed by atoms with van der Waals surface area (Å²) in [5.74, 6) is -0.469. The Balaban J connectivity index is 1.83. The predicted molar refractivity (Wildman–Crippen MR) is 110 cm³/mol. The minimum atomic E-state index is -0.469. The van der Waals surface area contributed by atoms with Crippen LogP contribution in [-0.4, -0.2) is 20.5 Å². The number of anilines is 1. The molecule has 1 amide bonds. The predicted octanol–water partition coefficient (Wildman–Crippen LogP) is 3.87. The fraction of sp³-hybridized carbons (Fsp3) is 0.136. The van der Waals surface area contributed by atoms with Gasteiger partial charge in [0.2, 0.25) is 0 Å². The fourth-order valence-corrected chi connectivity index (χ4v) is 3.42. The fourth-order valence-electron chi connectivity index (χ4n) is 3.42. The van der Waals surface area contributed by atoms with Gasteiger partial charge in [-0.25, -0.2) is 9.50 Å². The van der Waals surface area contributed by atoms with E-state index in [4.69, 9.17) is 0 Å². The van der Waals surface area contributed by atoms with E-state index in [0.29, 0.717) is 17.0 Å². The molecule has 6 nitrogen and oxygen atoms in total. The minimum Gasteiger partial charge on any atom is -0.322 e. The molecule has 0 bridgehead atoms. The SMILES string of the molecule is Cc1cccc(NC(=O)c2c(C)nc3c(-c4ccccc4)c(C)[nH]n3c2=O)c1. The number of fused-ring (bicyclic) bond motifs is 1. The summed E-state index contributed by atoms with van der Waals surface area (Å²) in [7, 11) is 0. The third-order valence-corrected chi connectivity index (χ3v) is 4.71. The van der Waals surface area contributed by atoms with Gasteiger partial charge in [-0.15, -0.1) is 0 Å². The van der Waals surface area contributed by atoms with Crippen molar-refractivity contribution in [2.45, 2.75) is 20.8 Å². The highest BCUT2D eigenvalue weighted by atomic mass is 16.2. The van der Waals surface area contributed by atoms with Gasteiger partial charge in [-0.1, -0.05) is 42.5 Å². The van der Waals surface area contributed by atoms with Crippen LogP contribution >= 0.6 is 0 Å². The molecule has 4 rings (SSSR count). The number of benzene rings is 2. The molecule has 0 saturated carbocycles. The van der Waals surface area contributed by atoms with Crippen LogP contribution in [0.3, 0.4) is 0 Å². The van der Waals surface area contributed by atoms with Gasteiger partial charge in [-0.2, -0.15) is 0 Å². The van der Waals surface area contributed by atoms with Gasteiger partial charge >= 0.3 is 0 Å². The first-order valence-corrected chi connectivity index (χ1v) is 9.01. The van der Waals surface area contributed by atoms with Gasteiger partial charge in [0, 0.05) is 16.9 Å². The number of aromatic nitrogens is 3. The Morgan fingerprint density at radius 3 is 2.50 bits per heavy atom. The highest BCUT2D eigenvalue weighted by molar-refractivity contribution is 6.05. The molecule has 0 radical (unpaired) electrons. The number of carbonyl (C=O) groups is 1. The molecule has 0 saturated heterocycles. The second-order valence-corrected chi connectivity index (χ2v) is 6.84. The molecule has 0 atom stereocenters. The van der Waals surface area contributed by atoms with Crippen molar-refractivity contribution in [1.82, 2.24) is 14.6 Å². The Labute approximate surface area is 161 Å². The van der Waals surface area contributed by atoms with E-state index in [1.807, 2.05) is 62.4 Å². The number of nitrogens with zero attached hydrogens (tertiary/aromatic N) is 2. The largest absolute Gasteiger partial charge is 0.322 e. The highest BCUT2D eigenvalue weighted by Crippen LogP contribution is 2.26. The van der Waals surface area contributed by atoms with Gasteiger partial charge in [-0.3, -0.25) is 14.7 Å². The maximum absolute atomic E-state index is 13.1. The zero-order chi connectivity index (χ0) is 19.8. The van der Waals surface area contributed by atoms with E-state index in [9.17, 15) is 9.59 Å². The summed E-state index contributed by atoms with van der Waals surface area (Å²) >= 11 is 0. The zero-order valence-corrected chi connectivity index (χ0v) is 15.9. The van der Waals surface area contributed by atoms with Crippen LogP contribution in [0.25, 0.3) is 16.8 Å². The normalized spacial score (nSPS) is 11.0. The number of carbonyl (C=O) groups excluding carboxylic acids is 1. The lowest BCUT2D eigenvalue weighted by Crippen LogP contribution is -2.29. The van der Waals surface area contributed by atoms with Crippen molar-refractivity contribution in [1.29, 1.82) is 0 Å². The summed E-state index contributed by atoms with van der Waals surface area (Å²) in [4.78, 5) is 30.5. The molecular weight excluding hydrogens is 352 g/mol. The van der Waals surface area contributed by atoms with Crippen LogP contribution in [0.5, 0.6) is 0 Å². The van der Waals surface area contributed by atoms with Crippen molar-refractivity contribution < 1.29 is 4.79 Å². The van der Waals surface area contributed by atoms with Crippen molar-refractivity contribution in [2.24, 2.45) is 0 Å². The molecule has 2 N–H and O–H groups in total. The molecule has 140 valence electrons. The van der Waals surface area contributed by atoms with Crippen LogP contribution in [0.15, 0.2) is 59.4 Å². The van der Waals surface area contributed by atoms with E-state index in [1.165, 1.54) is 4.52 Å². The van der Waals surface area contributed by atoms with Crippen LogP contribution in [0.1, 0.15) is 27.3 Å². The minimum absolute atomic E-state index is 0.0277. The molecule has 4 aromatic rings. The number of hydrogen-bond acceptors (Lipinski definition) is 3. The van der Waals surface area contributed by atoms with E-state index in [0.717, 1.165) is 22.4 Å². The summed E-state index contributed by atoms with van der Waals surface area (Å²) < 4.78 is 1.34. The number of aromatic amines is 1. The number of nitrogens with one attached hydrogen (secondary N) is 2. The Morgan fingerprint density at radius 1 is 1.04 bits per heavy atom. The quantitative estimate of drug-likeness (QED) is 0.573. The van der Waals surface area contributed by atoms with E-state index >= 15 is 0 Å². The third-order valence-electron chi connectivity index (χ3n) is 4.71. The van der Waals surface area contributed by atoms with Crippen molar-refractivity contribution in [3.8, 4) is 11.1 Å². The molecule has 0 aliphatic carbocycles. The second-order valence-electron chi connectivity index (χ2n) is 6.84. The van der Waals surface area contributed by atoms with Crippen molar-refractivity contribution >= 4 is 17.2 Å². The van der Waals surface area contributed by atoms with E-state index < -0.39 is 11.5 Å². The van der Waals surface area contributed by atoms with Gasteiger partial charge in [0.05, 0.1) is 5.69 Å². The maximum Gasteiger partial charge on any atom is 0.285 e. The molecule has 6 heteroatoms. The second kappa shape index (κ2) is 6.81. The molecule has 2 aromatic heterocycles. The summed E-state index contributed by atoms with van der Waals surface area (Å²) in [6.07, 6.45) is 0. The molecule has 28 heavy (non-hydrogen) atoms. The first-order valence-electron chi connectivity index (χ1n) is 9.01. The Morgan fingerprint density at radius 2 is 1.79 bits per heavy atom. The van der Waals surface area contributed by atoms with Crippen LogP contribution in [-0.2, 0) is 0 Å². The van der Waals surface area contributed by atoms with Crippen molar-refractivity contribution in [3.63, 3.8) is 0 Å². The van der Waals surface area contributed by atoms with Crippen LogP contribution in [0.2, 0.25) is 0 Å². The molecule has 2 heterocycles. The molecule has 0 spiro atoms. The summed E-state index contributed by atoms with van der Waals surface area (Å²) in [6.45, 7) is 5.51. The number of rotatable bonds is 3. The maximum atomic E-state index is 13.1. The average Bonchev–Trinajstić information content (AvgIpc) is 2.98. The van der Waals surface area contributed by atoms with Crippen LogP contribution in [0.4, 0.5) is 5.69 Å². The first kappa shape index (κ1) is 17.7. The van der Waals surface area contributed by atoms with E-state index in [1.54, 1.807) is 13.0 Å². The lowest BCUT2D eigenvalue weighted by Gasteiger charge is -2.08. The van der Waals surface area contributed by atoms with Gasteiger partial charge in [0.1, 0.15) is 5.56 Å². The Bertz CT molecular complexity index is 1250. The zero-order valence-electron chi connectivity index (χ0n) is 15.9. The molecular formula is C22H20N4O2. The summed E-state index contributed by atoms with van der Waals surface area (Å²) in [5.41, 5.74) is 4.80. The smallest absolute Gasteiger partial charge is 0.285 e. The number of amides is 1. The van der Waals surface area contributed by atoms with Gasteiger partial charge in [-0.05, 0) is 44.0 Å². The van der Waals surface area contributed by atoms with Gasteiger partial charge in [0.15, 0.2) is 5.65 Å². The summed E-state index contributed by atoms with van der Waals surface area (Å²) in [6, 6.07) is 17.2. The van der Waals surface area contributed by atoms with Crippen LogP contribution < -0.4 is 10.9 Å². The van der Waals surface area contributed by atoms with E-state index in [2.05, 4.69) is 15.4 Å². The lowest BCUT2D eigenvalue weighted by atomic mass is 10.1. The standard InChI is InChI=1S/C22H20N4O2/c1-13-8-7-11-17(12-13)24-21(27)19-14(2)23-20-18(16-9-5-4-6-10-16)15(3)25-26(20)22(19)28/h4-12,25H,1-3H3,(H,24,27). The Hall–Kier alpha value is -3.67. The Kier molecular flexibility index (Phi) is 4.31. The van der Waals surface area contributed by atoms with Crippen LogP contribution in [0, 0.1) is 20.8 Å². The first-order chi connectivity index (χ1) is 13.5. The molecule has 0 aliphatic heterocycles. The number of hydrogen-bond donors (Lipinski definition) is 2. The topological polar surface area (TPSA) is 79.3 Å². The molecule has 0 fully saturated rings. The van der Waals surface area contributed by atoms with Crippen molar-refractivity contribution in [3.05, 3.63) is 87.5 Å².